The quantitative estimate of drug-likeness (QED) is 0.808. The second-order valence-electron chi connectivity index (χ2n) is 3.59. The molecule has 0 aromatic heterocycles. The number of ether oxygens (including phenoxy) is 1. The maximum Gasteiger partial charge on any atom is 0.408 e. The van der Waals surface area contributed by atoms with Crippen LogP contribution in [0, 0.1) is 12.3 Å². The van der Waals surface area contributed by atoms with E-state index >= 15 is 0 Å². The summed E-state index contributed by atoms with van der Waals surface area (Å²) in [6, 6.07) is 8.31. The summed E-state index contributed by atoms with van der Waals surface area (Å²) >= 11 is 0. The van der Waals surface area contributed by atoms with Crippen LogP contribution >= 0.6 is 0 Å². The van der Waals surface area contributed by atoms with Crippen LogP contribution in [0.2, 0.25) is 0 Å². The van der Waals surface area contributed by atoms with Gasteiger partial charge in [-0.25, -0.2) is 4.79 Å². The lowest BCUT2D eigenvalue weighted by Gasteiger charge is -2.16. The summed E-state index contributed by atoms with van der Waals surface area (Å²) in [7, 11) is 0. The minimum absolute atomic E-state index is 0.0844. The van der Waals surface area contributed by atoms with Crippen LogP contribution in [0.5, 0.6) is 0 Å². The highest BCUT2D eigenvalue weighted by molar-refractivity contribution is 5.88. The summed E-state index contributed by atoms with van der Waals surface area (Å²) in [6.45, 7) is 1.63. The first-order valence-corrected chi connectivity index (χ1v) is 5.63. The third-order valence-electron chi connectivity index (χ3n) is 2.35. The third-order valence-corrected chi connectivity index (χ3v) is 2.35. The van der Waals surface area contributed by atoms with Crippen molar-refractivity contribution in [1.82, 2.24) is 5.32 Å². The molecule has 1 amide bonds. The van der Waals surface area contributed by atoms with E-state index in [0.717, 1.165) is 5.56 Å². The molecule has 0 saturated carbocycles. The molecule has 0 spiro atoms. The van der Waals surface area contributed by atoms with Crippen LogP contribution in [0.15, 0.2) is 30.3 Å². The Hall–Kier alpha value is -2.28. The molecule has 0 aliphatic carbocycles. The molecule has 0 unspecified atom stereocenters. The van der Waals surface area contributed by atoms with E-state index in [1.807, 2.05) is 6.07 Å². The van der Waals surface area contributed by atoms with Crippen LogP contribution in [0.1, 0.15) is 24.9 Å². The standard InChI is InChI=1S/C14H15NO3/c1-3-10-18-14(17)15-13(12(16)4-2)11-8-6-5-7-9-11/h1,5-9,13H,4,10H2,2H3,(H,15,17)/t13-/m1/s1. The van der Waals surface area contributed by atoms with Crippen molar-refractivity contribution in [2.75, 3.05) is 6.61 Å². The molecule has 18 heavy (non-hydrogen) atoms. The van der Waals surface area contributed by atoms with Crippen LogP contribution in [0.25, 0.3) is 0 Å². The maximum absolute atomic E-state index is 11.8. The molecule has 1 atom stereocenters. The normalized spacial score (nSPS) is 11.1. The highest BCUT2D eigenvalue weighted by Crippen LogP contribution is 2.15. The molecule has 1 aromatic carbocycles. The van der Waals surface area contributed by atoms with Crippen molar-refractivity contribution < 1.29 is 14.3 Å². The van der Waals surface area contributed by atoms with E-state index in [-0.39, 0.29) is 12.4 Å². The zero-order valence-corrected chi connectivity index (χ0v) is 10.2. The third kappa shape index (κ3) is 3.95. The highest BCUT2D eigenvalue weighted by atomic mass is 16.5. The van der Waals surface area contributed by atoms with Gasteiger partial charge in [0.05, 0.1) is 0 Å². The molecular weight excluding hydrogens is 230 g/mol. The van der Waals surface area contributed by atoms with Gasteiger partial charge < -0.3 is 10.1 Å². The van der Waals surface area contributed by atoms with Crippen molar-refractivity contribution in [3.8, 4) is 12.3 Å². The summed E-state index contributed by atoms with van der Waals surface area (Å²) in [5.41, 5.74) is 0.724. The van der Waals surface area contributed by atoms with E-state index in [4.69, 9.17) is 11.2 Å². The lowest BCUT2D eigenvalue weighted by atomic mass is 10.0. The second kappa shape index (κ2) is 7.13. The van der Waals surface area contributed by atoms with E-state index < -0.39 is 12.1 Å². The van der Waals surface area contributed by atoms with Gasteiger partial charge in [0.1, 0.15) is 6.04 Å². The Morgan fingerprint density at radius 1 is 1.39 bits per heavy atom. The average molecular weight is 245 g/mol. The molecule has 0 heterocycles. The fourth-order valence-corrected chi connectivity index (χ4v) is 1.47. The van der Waals surface area contributed by atoms with E-state index in [2.05, 4.69) is 11.2 Å². The fraction of sp³-hybridized carbons (Fsp3) is 0.286. The Balaban J connectivity index is 2.78. The first-order valence-electron chi connectivity index (χ1n) is 5.63. The summed E-state index contributed by atoms with van der Waals surface area (Å²) < 4.78 is 4.70. The van der Waals surface area contributed by atoms with Crippen molar-refractivity contribution >= 4 is 11.9 Å². The summed E-state index contributed by atoms with van der Waals surface area (Å²) in [5.74, 6) is 2.10. The summed E-state index contributed by atoms with van der Waals surface area (Å²) in [6.07, 6.45) is 4.62. The zero-order chi connectivity index (χ0) is 13.4. The lowest BCUT2D eigenvalue weighted by molar-refractivity contribution is -0.120. The van der Waals surface area contributed by atoms with Gasteiger partial charge in [-0.2, -0.15) is 0 Å². The van der Waals surface area contributed by atoms with Gasteiger partial charge >= 0.3 is 6.09 Å². The Bertz CT molecular complexity index is 448. The van der Waals surface area contributed by atoms with Crippen LogP contribution in [0.4, 0.5) is 4.79 Å². The molecule has 0 fully saturated rings. The van der Waals surface area contributed by atoms with Gasteiger partial charge in [-0.15, -0.1) is 6.42 Å². The molecule has 0 radical (unpaired) electrons. The van der Waals surface area contributed by atoms with Crippen molar-refractivity contribution in [2.45, 2.75) is 19.4 Å². The molecule has 94 valence electrons. The van der Waals surface area contributed by atoms with Crippen LogP contribution in [0.3, 0.4) is 0 Å². The molecule has 1 N–H and O–H groups in total. The number of terminal acetylenes is 1. The fourth-order valence-electron chi connectivity index (χ4n) is 1.47. The van der Waals surface area contributed by atoms with Crippen molar-refractivity contribution in [3.05, 3.63) is 35.9 Å². The predicted octanol–water partition coefficient (Wildman–Crippen LogP) is 2.07. The Kier molecular flexibility index (Phi) is 5.46. The molecule has 0 aliphatic rings. The number of hydrogen-bond acceptors (Lipinski definition) is 3. The van der Waals surface area contributed by atoms with Gasteiger partial charge in [0.2, 0.25) is 0 Å². The summed E-state index contributed by atoms with van der Waals surface area (Å²) in [4.78, 5) is 23.2. The minimum atomic E-state index is -0.693. The Morgan fingerprint density at radius 2 is 2.06 bits per heavy atom. The molecule has 4 heteroatoms. The number of rotatable bonds is 5. The molecule has 1 aromatic rings. The molecule has 1 rings (SSSR count). The number of nitrogens with one attached hydrogen (secondary N) is 1. The van der Waals surface area contributed by atoms with E-state index in [0.29, 0.717) is 6.42 Å². The topological polar surface area (TPSA) is 55.4 Å². The Morgan fingerprint density at radius 3 is 2.61 bits per heavy atom. The van der Waals surface area contributed by atoms with Gasteiger partial charge in [-0.3, -0.25) is 4.79 Å². The zero-order valence-electron chi connectivity index (χ0n) is 10.2. The number of amides is 1. The van der Waals surface area contributed by atoms with Gasteiger partial charge in [-0.1, -0.05) is 43.2 Å². The SMILES string of the molecule is C#CCOC(=O)N[C@@H](C(=O)CC)c1ccccc1. The van der Waals surface area contributed by atoms with Gasteiger partial charge in [0, 0.05) is 6.42 Å². The number of Topliss-reactive ketones (excluding diaryl/α,β-unsaturated/α-hetero) is 1. The van der Waals surface area contributed by atoms with Gasteiger partial charge in [0.15, 0.2) is 12.4 Å². The molecule has 4 nitrogen and oxygen atoms in total. The molecule has 0 bridgehead atoms. The smallest absolute Gasteiger partial charge is 0.408 e. The van der Waals surface area contributed by atoms with E-state index in [1.54, 1.807) is 31.2 Å². The van der Waals surface area contributed by atoms with Crippen molar-refractivity contribution in [2.24, 2.45) is 0 Å². The second-order valence-corrected chi connectivity index (χ2v) is 3.59. The van der Waals surface area contributed by atoms with E-state index in [9.17, 15) is 9.59 Å². The maximum atomic E-state index is 11.8. The first-order chi connectivity index (χ1) is 8.69. The lowest BCUT2D eigenvalue weighted by Crippen LogP contribution is -2.34. The van der Waals surface area contributed by atoms with Gasteiger partial charge in [-0.05, 0) is 5.56 Å². The number of alkyl carbamates (subject to hydrolysis) is 1. The number of hydrogen-bond donors (Lipinski definition) is 1. The predicted molar refractivity (Wildman–Crippen MR) is 67.8 cm³/mol. The largest absolute Gasteiger partial charge is 0.436 e. The van der Waals surface area contributed by atoms with Crippen LogP contribution in [-0.2, 0) is 9.53 Å². The monoisotopic (exact) mass is 245 g/mol. The van der Waals surface area contributed by atoms with Crippen LogP contribution < -0.4 is 5.32 Å². The van der Waals surface area contributed by atoms with Crippen molar-refractivity contribution in [1.29, 1.82) is 0 Å². The highest BCUT2D eigenvalue weighted by Gasteiger charge is 2.21. The molecule has 0 aliphatic heterocycles. The Labute approximate surface area is 106 Å². The summed E-state index contributed by atoms with van der Waals surface area (Å²) in [5, 5.41) is 2.51. The average Bonchev–Trinajstić information content (AvgIpc) is 2.42. The van der Waals surface area contributed by atoms with E-state index in [1.165, 1.54) is 0 Å². The number of benzene rings is 1. The minimum Gasteiger partial charge on any atom is -0.436 e. The first kappa shape index (κ1) is 13.8. The number of carbonyl (C=O) groups is 2. The van der Waals surface area contributed by atoms with Crippen LogP contribution in [-0.4, -0.2) is 18.5 Å². The van der Waals surface area contributed by atoms with Crippen molar-refractivity contribution in [3.63, 3.8) is 0 Å². The molecular formula is C14H15NO3. The molecule has 0 saturated heterocycles. The van der Waals surface area contributed by atoms with Gasteiger partial charge in [0.25, 0.3) is 0 Å². The number of ketones is 1. The number of carbonyl (C=O) groups excluding carboxylic acids is 2.